The second kappa shape index (κ2) is 7.59. The number of nitrogens with zero attached hydrogens (tertiary/aromatic N) is 1. The van der Waals surface area contributed by atoms with Crippen LogP contribution in [0.5, 0.6) is 0 Å². The third-order valence-corrected chi connectivity index (χ3v) is 4.64. The Morgan fingerprint density at radius 3 is 2.63 bits per heavy atom. The second-order valence-electron chi connectivity index (χ2n) is 4.30. The van der Waals surface area contributed by atoms with Gasteiger partial charge in [-0.25, -0.2) is 12.7 Å². The molecule has 0 saturated heterocycles. The number of hydrogen-bond acceptors (Lipinski definition) is 4. The molecule has 0 aromatic heterocycles. The molecule has 5 nitrogen and oxygen atoms in total. The highest BCUT2D eigenvalue weighted by Crippen LogP contribution is 2.11. The normalized spacial score (nSPS) is 12.0. The van der Waals surface area contributed by atoms with E-state index in [2.05, 4.69) is 0 Å². The SMILES string of the molecule is CCOCCN(C)S(=O)(=O)Cc1cccc(CN)c1. The molecule has 0 saturated carbocycles. The van der Waals surface area contributed by atoms with Crippen molar-refractivity contribution in [2.24, 2.45) is 5.73 Å². The van der Waals surface area contributed by atoms with Crippen LogP contribution >= 0.6 is 0 Å². The monoisotopic (exact) mass is 286 g/mol. The number of nitrogens with two attached hydrogens (primary N) is 1. The quantitative estimate of drug-likeness (QED) is 0.722. The van der Waals surface area contributed by atoms with Gasteiger partial charge in [0.1, 0.15) is 0 Å². The van der Waals surface area contributed by atoms with Crippen molar-refractivity contribution in [3.05, 3.63) is 35.4 Å². The number of rotatable bonds is 8. The first kappa shape index (κ1) is 16.1. The summed E-state index contributed by atoms with van der Waals surface area (Å²) in [4.78, 5) is 0. The van der Waals surface area contributed by atoms with E-state index in [9.17, 15) is 8.42 Å². The number of sulfonamides is 1. The van der Waals surface area contributed by atoms with E-state index >= 15 is 0 Å². The van der Waals surface area contributed by atoms with Crippen LogP contribution in [0.3, 0.4) is 0 Å². The van der Waals surface area contributed by atoms with E-state index in [1.165, 1.54) is 4.31 Å². The minimum absolute atomic E-state index is 0.0105. The Morgan fingerprint density at radius 2 is 2.00 bits per heavy atom. The largest absolute Gasteiger partial charge is 0.380 e. The van der Waals surface area contributed by atoms with Crippen LogP contribution in [0.4, 0.5) is 0 Å². The minimum Gasteiger partial charge on any atom is -0.380 e. The second-order valence-corrected chi connectivity index (χ2v) is 6.37. The van der Waals surface area contributed by atoms with E-state index in [1.807, 2.05) is 25.1 Å². The van der Waals surface area contributed by atoms with Gasteiger partial charge in [0.25, 0.3) is 0 Å². The summed E-state index contributed by atoms with van der Waals surface area (Å²) in [5.41, 5.74) is 7.24. The van der Waals surface area contributed by atoms with E-state index in [1.54, 1.807) is 13.1 Å². The average molecular weight is 286 g/mol. The van der Waals surface area contributed by atoms with Crippen LogP contribution in [0.1, 0.15) is 18.1 Å². The van der Waals surface area contributed by atoms with Crippen LogP contribution < -0.4 is 5.73 Å². The molecule has 0 fully saturated rings. The topological polar surface area (TPSA) is 72.6 Å². The van der Waals surface area contributed by atoms with Gasteiger partial charge in [-0.3, -0.25) is 0 Å². The molecule has 1 rings (SSSR count). The van der Waals surface area contributed by atoms with Crippen molar-refractivity contribution in [3.8, 4) is 0 Å². The van der Waals surface area contributed by atoms with Gasteiger partial charge in [-0.1, -0.05) is 24.3 Å². The van der Waals surface area contributed by atoms with Gasteiger partial charge in [-0.05, 0) is 18.1 Å². The Labute approximate surface area is 115 Å². The molecule has 0 bridgehead atoms. The first-order valence-electron chi connectivity index (χ1n) is 6.29. The van der Waals surface area contributed by atoms with Gasteiger partial charge in [0.15, 0.2) is 0 Å². The summed E-state index contributed by atoms with van der Waals surface area (Å²) in [6.07, 6.45) is 0. The van der Waals surface area contributed by atoms with Gasteiger partial charge in [-0.15, -0.1) is 0 Å². The molecule has 19 heavy (non-hydrogen) atoms. The summed E-state index contributed by atoms with van der Waals surface area (Å²) >= 11 is 0. The Hall–Kier alpha value is -0.950. The minimum atomic E-state index is -3.31. The fourth-order valence-electron chi connectivity index (χ4n) is 1.64. The first-order valence-corrected chi connectivity index (χ1v) is 7.90. The number of likely N-dealkylation sites (N-methyl/N-ethyl adjacent to an activating group) is 1. The molecule has 0 radical (unpaired) electrons. The van der Waals surface area contributed by atoms with Crippen molar-refractivity contribution >= 4 is 10.0 Å². The number of benzene rings is 1. The summed E-state index contributed by atoms with van der Waals surface area (Å²) in [7, 11) is -1.74. The van der Waals surface area contributed by atoms with Gasteiger partial charge in [0, 0.05) is 26.7 Å². The van der Waals surface area contributed by atoms with Crippen molar-refractivity contribution in [2.45, 2.75) is 19.2 Å². The zero-order valence-corrected chi connectivity index (χ0v) is 12.3. The maximum atomic E-state index is 12.1. The molecule has 6 heteroatoms. The molecule has 1 aromatic carbocycles. The van der Waals surface area contributed by atoms with Crippen molar-refractivity contribution in [1.29, 1.82) is 0 Å². The van der Waals surface area contributed by atoms with Gasteiger partial charge >= 0.3 is 0 Å². The van der Waals surface area contributed by atoms with Gasteiger partial charge in [-0.2, -0.15) is 0 Å². The molecule has 0 aliphatic heterocycles. The zero-order chi connectivity index (χ0) is 14.3. The average Bonchev–Trinajstić information content (AvgIpc) is 2.38. The molecule has 0 spiro atoms. The maximum absolute atomic E-state index is 12.1. The van der Waals surface area contributed by atoms with Crippen LogP contribution in [0.15, 0.2) is 24.3 Å². The van der Waals surface area contributed by atoms with E-state index in [4.69, 9.17) is 10.5 Å². The maximum Gasteiger partial charge on any atom is 0.218 e. The van der Waals surface area contributed by atoms with Gasteiger partial charge < -0.3 is 10.5 Å². The summed E-state index contributed by atoms with van der Waals surface area (Å²) in [5, 5.41) is 0. The molecule has 0 amide bonds. The zero-order valence-electron chi connectivity index (χ0n) is 11.5. The first-order chi connectivity index (χ1) is 8.99. The summed E-state index contributed by atoms with van der Waals surface area (Å²) in [6, 6.07) is 7.34. The summed E-state index contributed by atoms with van der Waals surface area (Å²) in [5.74, 6) is -0.0105. The molecule has 2 N–H and O–H groups in total. The summed E-state index contributed by atoms with van der Waals surface area (Å²) in [6.45, 7) is 3.66. The Kier molecular flexibility index (Phi) is 6.44. The third kappa shape index (κ3) is 5.28. The van der Waals surface area contributed by atoms with Crippen LogP contribution in [-0.2, 0) is 27.1 Å². The molecular weight excluding hydrogens is 264 g/mol. The van der Waals surface area contributed by atoms with E-state index in [0.717, 1.165) is 11.1 Å². The number of ether oxygens (including phenoxy) is 1. The molecule has 0 unspecified atom stereocenters. The lowest BCUT2D eigenvalue weighted by Gasteiger charge is -2.17. The Morgan fingerprint density at radius 1 is 1.32 bits per heavy atom. The lowest BCUT2D eigenvalue weighted by molar-refractivity contribution is 0.138. The fourth-order valence-corrected chi connectivity index (χ4v) is 2.82. The van der Waals surface area contributed by atoms with Crippen molar-refractivity contribution < 1.29 is 13.2 Å². The van der Waals surface area contributed by atoms with Crippen molar-refractivity contribution in [1.82, 2.24) is 4.31 Å². The lowest BCUT2D eigenvalue weighted by atomic mass is 10.1. The molecule has 1 aromatic rings. The van der Waals surface area contributed by atoms with E-state index in [-0.39, 0.29) is 5.75 Å². The highest BCUT2D eigenvalue weighted by atomic mass is 32.2. The van der Waals surface area contributed by atoms with E-state index in [0.29, 0.717) is 26.3 Å². The highest BCUT2D eigenvalue weighted by Gasteiger charge is 2.18. The van der Waals surface area contributed by atoms with Gasteiger partial charge in [0.05, 0.1) is 12.4 Å². The Bertz CT molecular complexity index is 488. The van der Waals surface area contributed by atoms with Crippen molar-refractivity contribution in [2.75, 3.05) is 26.8 Å². The van der Waals surface area contributed by atoms with Crippen LogP contribution in [0, 0.1) is 0 Å². The van der Waals surface area contributed by atoms with Crippen LogP contribution in [0.2, 0.25) is 0 Å². The smallest absolute Gasteiger partial charge is 0.218 e. The van der Waals surface area contributed by atoms with Crippen LogP contribution in [0.25, 0.3) is 0 Å². The van der Waals surface area contributed by atoms with Crippen LogP contribution in [-0.4, -0.2) is 39.5 Å². The van der Waals surface area contributed by atoms with Gasteiger partial charge in [0.2, 0.25) is 10.0 Å². The predicted molar refractivity (Wildman–Crippen MR) is 76.1 cm³/mol. The molecule has 0 heterocycles. The summed E-state index contributed by atoms with van der Waals surface area (Å²) < 4.78 is 30.8. The molecule has 0 aliphatic carbocycles. The molecule has 0 aliphatic rings. The van der Waals surface area contributed by atoms with E-state index < -0.39 is 10.0 Å². The highest BCUT2D eigenvalue weighted by molar-refractivity contribution is 7.88. The lowest BCUT2D eigenvalue weighted by Crippen LogP contribution is -2.31. The predicted octanol–water partition coefficient (Wildman–Crippen LogP) is 0.943. The standard InChI is InChI=1S/C13H22N2O3S/c1-3-18-8-7-15(2)19(16,17)11-13-6-4-5-12(9-13)10-14/h4-6,9H,3,7-8,10-11,14H2,1-2H3. The molecular formula is C13H22N2O3S. The number of hydrogen-bond donors (Lipinski definition) is 1. The third-order valence-electron chi connectivity index (χ3n) is 2.81. The molecule has 0 atom stereocenters. The van der Waals surface area contributed by atoms with Crippen molar-refractivity contribution in [3.63, 3.8) is 0 Å². The Balaban J connectivity index is 2.67. The fraction of sp³-hybridized carbons (Fsp3) is 0.538. The molecule has 108 valence electrons.